The fraction of sp³-hybridized carbons (Fsp3) is 0.393. The molecule has 0 atom stereocenters. The molecule has 0 radical (unpaired) electrons. The molecule has 0 unspecified atom stereocenters. The van der Waals surface area contributed by atoms with E-state index in [0.29, 0.717) is 24.3 Å². The van der Waals surface area contributed by atoms with Gasteiger partial charge in [-0.3, -0.25) is 14.4 Å². The van der Waals surface area contributed by atoms with Crippen molar-refractivity contribution in [3.8, 4) is 16.9 Å². The van der Waals surface area contributed by atoms with E-state index in [1.165, 1.54) is 5.69 Å². The van der Waals surface area contributed by atoms with Crippen molar-refractivity contribution in [3.05, 3.63) is 65.1 Å². The largest absolute Gasteiger partial charge is 0.486 e. The fourth-order valence-electron chi connectivity index (χ4n) is 6.03. The number of hydrogen-bond acceptors (Lipinski definition) is 7. The molecule has 0 aliphatic carbocycles. The van der Waals surface area contributed by atoms with Crippen LogP contribution in [0.15, 0.2) is 42.7 Å². The Hall–Kier alpha value is -3.49. The van der Waals surface area contributed by atoms with Gasteiger partial charge >= 0.3 is 0 Å². The van der Waals surface area contributed by atoms with Crippen molar-refractivity contribution in [1.82, 2.24) is 25.0 Å². The smallest absolute Gasteiger partial charge is 0.170 e. The lowest BCUT2D eigenvalue weighted by atomic mass is 9.82. The minimum Gasteiger partial charge on any atom is -0.486 e. The first-order valence-corrected chi connectivity index (χ1v) is 12.8. The minimum atomic E-state index is -0.377. The summed E-state index contributed by atoms with van der Waals surface area (Å²) in [7, 11) is 2.15. The van der Waals surface area contributed by atoms with Gasteiger partial charge in [0.15, 0.2) is 5.78 Å². The highest BCUT2D eigenvalue weighted by atomic mass is 16.5. The zero-order valence-electron chi connectivity index (χ0n) is 20.5. The van der Waals surface area contributed by atoms with Crippen LogP contribution >= 0.6 is 0 Å². The maximum Gasteiger partial charge on any atom is 0.170 e. The molecule has 0 saturated carbocycles. The van der Waals surface area contributed by atoms with Crippen LogP contribution in [0.2, 0.25) is 0 Å². The summed E-state index contributed by atoms with van der Waals surface area (Å²) < 4.78 is 8.68. The minimum absolute atomic E-state index is 0.185. The van der Waals surface area contributed by atoms with Crippen LogP contribution in [0.25, 0.3) is 16.7 Å². The van der Waals surface area contributed by atoms with Gasteiger partial charge in [-0.05, 0) is 49.5 Å². The molecule has 1 spiro atoms. The molecule has 2 N–H and O–H groups in total. The van der Waals surface area contributed by atoms with E-state index in [-0.39, 0.29) is 11.4 Å². The van der Waals surface area contributed by atoms with E-state index in [1.807, 2.05) is 24.5 Å². The number of nitrogens with one attached hydrogen (secondary N) is 2. The second kappa shape index (κ2) is 8.28. The number of hydrogen-bond donors (Lipinski definition) is 2. The van der Waals surface area contributed by atoms with Crippen LogP contribution in [0.5, 0.6) is 5.75 Å². The summed E-state index contributed by atoms with van der Waals surface area (Å²) in [6, 6.07) is 8.25. The van der Waals surface area contributed by atoms with Gasteiger partial charge in [-0.25, -0.2) is 4.98 Å². The second-order valence-corrected chi connectivity index (χ2v) is 10.4. The zero-order valence-corrected chi connectivity index (χ0v) is 20.5. The van der Waals surface area contributed by atoms with E-state index in [0.717, 1.165) is 79.2 Å². The first kappa shape index (κ1) is 21.8. The molecule has 8 heteroatoms. The molecule has 1 aromatic carbocycles. The quantitative estimate of drug-likeness (QED) is 0.580. The molecule has 7 rings (SSSR count). The summed E-state index contributed by atoms with van der Waals surface area (Å²) in [4.78, 5) is 20.1. The SMILES string of the molecule is CN1CCn2ncc(-c3cnc4c(c3)C(c3ccc5c(c3)OC3(CCNCC3)CC5=O)=CCN4)c2C1. The standard InChI is InChI=1S/C28H30N6O2/c1-33-10-11-34-24(17-33)23(16-32-34)19-12-22-20(4-7-30-27(22)31-15-19)18-2-3-21-25(35)14-28(36-26(21)13-18)5-8-29-9-6-28/h2-4,12-13,15-16,29H,5-11,14,17H2,1H3,(H,30,31). The second-order valence-electron chi connectivity index (χ2n) is 10.4. The van der Waals surface area contributed by atoms with Gasteiger partial charge < -0.3 is 15.4 Å². The molecule has 4 aliphatic rings. The molecule has 1 fully saturated rings. The highest BCUT2D eigenvalue weighted by molar-refractivity contribution is 6.01. The van der Waals surface area contributed by atoms with Gasteiger partial charge in [0.25, 0.3) is 0 Å². The van der Waals surface area contributed by atoms with E-state index in [1.54, 1.807) is 0 Å². The molecule has 4 aliphatic heterocycles. The highest BCUT2D eigenvalue weighted by Crippen LogP contribution is 2.41. The molecule has 184 valence electrons. The van der Waals surface area contributed by atoms with Crippen molar-refractivity contribution < 1.29 is 9.53 Å². The Balaban J connectivity index is 1.26. The summed E-state index contributed by atoms with van der Waals surface area (Å²) in [6.07, 6.45) is 8.29. The Morgan fingerprint density at radius 3 is 2.81 bits per heavy atom. The van der Waals surface area contributed by atoms with Gasteiger partial charge in [-0.15, -0.1) is 0 Å². The third-order valence-corrected chi connectivity index (χ3v) is 8.04. The molecule has 36 heavy (non-hydrogen) atoms. The third kappa shape index (κ3) is 3.55. The number of ketones is 1. The van der Waals surface area contributed by atoms with Crippen LogP contribution in [-0.4, -0.2) is 64.3 Å². The van der Waals surface area contributed by atoms with E-state index in [4.69, 9.17) is 9.72 Å². The number of pyridine rings is 1. The van der Waals surface area contributed by atoms with Crippen molar-refractivity contribution in [2.45, 2.75) is 38.0 Å². The number of carbonyl (C=O) groups is 1. The van der Waals surface area contributed by atoms with Gasteiger partial charge in [0.1, 0.15) is 17.2 Å². The van der Waals surface area contributed by atoms with Gasteiger partial charge in [-0.1, -0.05) is 12.1 Å². The maximum absolute atomic E-state index is 13.0. The molecule has 1 saturated heterocycles. The Morgan fingerprint density at radius 1 is 1.03 bits per heavy atom. The number of fused-ring (bicyclic) bond motifs is 3. The number of rotatable bonds is 2. The summed E-state index contributed by atoms with van der Waals surface area (Å²) in [5.41, 5.74) is 6.96. The Labute approximate surface area is 210 Å². The zero-order chi connectivity index (χ0) is 24.3. The first-order chi connectivity index (χ1) is 17.6. The third-order valence-electron chi connectivity index (χ3n) is 8.04. The van der Waals surface area contributed by atoms with Crippen LogP contribution in [0.4, 0.5) is 5.82 Å². The van der Waals surface area contributed by atoms with Crippen molar-refractivity contribution in [2.75, 3.05) is 38.5 Å². The van der Waals surface area contributed by atoms with Gasteiger partial charge in [0.2, 0.25) is 0 Å². The number of nitrogens with zero attached hydrogens (tertiary/aromatic N) is 4. The van der Waals surface area contributed by atoms with Gasteiger partial charge in [0.05, 0.1) is 30.4 Å². The molecule has 3 aromatic rings. The predicted molar refractivity (Wildman–Crippen MR) is 138 cm³/mol. The molecule has 8 nitrogen and oxygen atoms in total. The summed E-state index contributed by atoms with van der Waals surface area (Å²) in [6.45, 7) is 5.26. The lowest BCUT2D eigenvalue weighted by molar-refractivity contribution is 0.0187. The number of anilines is 1. The first-order valence-electron chi connectivity index (χ1n) is 12.8. The normalized spacial score (nSPS) is 20.6. The van der Waals surface area contributed by atoms with Gasteiger partial charge in [0, 0.05) is 55.4 Å². The summed E-state index contributed by atoms with van der Waals surface area (Å²) in [5.74, 6) is 1.77. The molecule has 0 bridgehead atoms. The van der Waals surface area contributed by atoms with Crippen LogP contribution < -0.4 is 15.4 Å². The number of likely N-dealkylation sites (N-methyl/N-ethyl adjacent to an activating group) is 1. The topological polar surface area (TPSA) is 84.3 Å². The van der Waals surface area contributed by atoms with E-state index in [2.05, 4.69) is 50.6 Å². The van der Waals surface area contributed by atoms with E-state index >= 15 is 0 Å². The Bertz CT molecular complexity index is 1400. The monoisotopic (exact) mass is 482 g/mol. The van der Waals surface area contributed by atoms with Crippen molar-refractivity contribution in [1.29, 1.82) is 0 Å². The number of aromatic nitrogens is 3. The van der Waals surface area contributed by atoms with Crippen LogP contribution in [-0.2, 0) is 13.1 Å². The molecule has 2 aromatic heterocycles. The number of Topliss-reactive ketones (excluding diaryl/α,β-unsaturated/α-hetero) is 1. The number of ether oxygens (including phenoxy) is 1. The van der Waals surface area contributed by atoms with Crippen LogP contribution in [0.3, 0.4) is 0 Å². The molecule has 6 heterocycles. The van der Waals surface area contributed by atoms with Crippen molar-refractivity contribution >= 4 is 17.2 Å². The predicted octanol–water partition coefficient (Wildman–Crippen LogP) is 3.34. The Morgan fingerprint density at radius 2 is 1.92 bits per heavy atom. The van der Waals surface area contributed by atoms with Crippen LogP contribution in [0, 0.1) is 0 Å². The van der Waals surface area contributed by atoms with Crippen molar-refractivity contribution in [2.24, 2.45) is 0 Å². The number of carbonyl (C=O) groups excluding carboxylic acids is 1. The Kier molecular flexibility index (Phi) is 5.01. The van der Waals surface area contributed by atoms with Gasteiger partial charge in [-0.2, -0.15) is 5.10 Å². The summed E-state index contributed by atoms with van der Waals surface area (Å²) in [5, 5.41) is 11.4. The lowest BCUT2D eigenvalue weighted by Gasteiger charge is -2.41. The lowest BCUT2D eigenvalue weighted by Crippen LogP contribution is -2.49. The fourth-order valence-corrected chi connectivity index (χ4v) is 6.03. The maximum atomic E-state index is 13.0. The number of benzene rings is 1. The van der Waals surface area contributed by atoms with Crippen LogP contribution in [0.1, 0.15) is 46.4 Å². The summed E-state index contributed by atoms with van der Waals surface area (Å²) >= 11 is 0. The molecular weight excluding hydrogens is 452 g/mol. The molecule has 0 amide bonds. The highest BCUT2D eigenvalue weighted by Gasteiger charge is 2.41. The van der Waals surface area contributed by atoms with E-state index in [9.17, 15) is 4.79 Å². The average molecular weight is 483 g/mol. The molecular formula is C28H30N6O2. The van der Waals surface area contributed by atoms with Crippen molar-refractivity contribution in [3.63, 3.8) is 0 Å². The average Bonchev–Trinajstić information content (AvgIpc) is 3.31. The van der Waals surface area contributed by atoms with E-state index < -0.39 is 0 Å². The number of piperidine rings is 1.